The van der Waals surface area contributed by atoms with Crippen molar-refractivity contribution >= 4 is 12.2 Å². The maximum Gasteiger partial charge on any atom is 0.339 e. The van der Waals surface area contributed by atoms with Crippen molar-refractivity contribution in [2.45, 2.75) is 13.0 Å². The standard InChI is InChI=1S/C21H21N3O2/c1-26-21(25)20-15-24(13-16-6-3-2-4-7-16)14-19(20)11-17-8-5-9-18(10-17)12-23-22/h2-10,12,14-15H,11,13,22H2,1H3/b23-12-. The SMILES string of the molecule is COC(=O)c1cn(Cc2ccccc2)cc1Cc1cccc(/C=N\N)c1. The number of esters is 1. The van der Waals surface area contributed by atoms with Crippen LogP contribution >= 0.6 is 0 Å². The van der Waals surface area contributed by atoms with Gasteiger partial charge in [-0.05, 0) is 34.7 Å². The number of hydrogen-bond donors (Lipinski definition) is 1. The number of nitrogens with two attached hydrogens (primary N) is 1. The number of ether oxygens (including phenoxy) is 1. The van der Waals surface area contributed by atoms with Gasteiger partial charge < -0.3 is 15.1 Å². The highest BCUT2D eigenvalue weighted by Gasteiger charge is 2.15. The van der Waals surface area contributed by atoms with Gasteiger partial charge in [-0.2, -0.15) is 5.10 Å². The normalized spacial score (nSPS) is 11.0. The smallest absolute Gasteiger partial charge is 0.339 e. The van der Waals surface area contributed by atoms with E-state index in [9.17, 15) is 4.79 Å². The van der Waals surface area contributed by atoms with E-state index in [4.69, 9.17) is 10.6 Å². The summed E-state index contributed by atoms with van der Waals surface area (Å²) in [5, 5.41) is 3.56. The zero-order valence-corrected chi connectivity index (χ0v) is 14.6. The van der Waals surface area contributed by atoms with Crippen molar-refractivity contribution in [3.63, 3.8) is 0 Å². The van der Waals surface area contributed by atoms with Gasteiger partial charge in [0.15, 0.2) is 0 Å². The van der Waals surface area contributed by atoms with E-state index in [1.807, 2.05) is 59.4 Å². The molecule has 0 aliphatic carbocycles. The van der Waals surface area contributed by atoms with Crippen molar-refractivity contribution in [2.75, 3.05) is 7.11 Å². The van der Waals surface area contributed by atoms with E-state index in [1.54, 1.807) is 6.21 Å². The highest BCUT2D eigenvalue weighted by molar-refractivity contribution is 5.91. The lowest BCUT2D eigenvalue weighted by molar-refractivity contribution is 0.0599. The Morgan fingerprint density at radius 1 is 1.12 bits per heavy atom. The number of carbonyl (C=O) groups excluding carboxylic acids is 1. The molecule has 0 atom stereocenters. The first-order chi connectivity index (χ1) is 12.7. The van der Waals surface area contributed by atoms with E-state index >= 15 is 0 Å². The minimum atomic E-state index is -0.327. The van der Waals surface area contributed by atoms with Crippen molar-refractivity contribution in [1.82, 2.24) is 4.57 Å². The first-order valence-electron chi connectivity index (χ1n) is 8.32. The van der Waals surface area contributed by atoms with E-state index in [0.717, 1.165) is 16.7 Å². The number of methoxy groups -OCH3 is 1. The molecule has 3 rings (SSSR count). The Hall–Kier alpha value is -3.34. The van der Waals surface area contributed by atoms with Crippen molar-refractivity contribution in [3.05, 3.63) is 94.8 Å². The van der Waals surface area contributed by atoms with Crippen LogP contribution in [0.25, 0.3) is 0 Å². The highest BCUT2D eigenvalue weighted by Crippen LogP contribution is 2.19. The van der Waals surface area contributed by atoms with Crippen LogP contribution in [-0.4, -0.2) is 23.9 Å². The van der Waals surface area contributed by atoms with Gasteiger partial charge in [0.05, 0.1) is 18.9 Å². The third kappa shape index (κ3) is 4.19. The molecule has 0 bridgehead atoms. The molecule has 1 aromatic heterocycles. The maximum atomic E-state index is 12.2. The number of benzene rings is 2. The number of carbonyl (C=O) groups is 1. The fourth-order valence-corrected chi connectivity index (χ4v) is 2.97. The van der Waals surface area contributed by atoms with Crippen LogP contribution in [0, 0.1) is 0 Å². The summed E-state index contributed by atoms with van der Waals surface area (Å²) in [5.74, 6) is 4.90. The molecular weight excluding hydrogens is 326 g/mol. The van der Waals surface area contributed by atoms with Crippen LogP contribution in [-0.2, 0) is 17.7 Å². The summed E-state index contributed by atoms with van der Waals surface area (Å²) in [6, 6.07) is 18.0. The van der Waals surface area contributed by atoms with Gasteiger partial charge in [0.2, 0.25) is 0 Å². The lowest BCUT2D eigenvalue weighted by atomic mass is 10.0. The average Bonchev–Trinajstić information content (AvgIpc) is 3.04. The summed E-state index contributed by atoms with van der Waals surface area (Å²) in [7, 11) is 1.40. The number of aromatic nitrogens is 1. The largest absolute Gasteiger partial charge is 0.465 e. The molecule has 0 aliphatic heterocycles. The third-order valence-electron chi connectivity index (χ3n) is 4.15. The van der Waals surface area contributed by atoms with Crippen LogP contribution in [0.2, 0.25) is 0 Å². The fraction of sp³-hybridized carbons (Fsp3) is 0.143. The quantitative estimate of drug-likeness (QED) is 0.322. The van der Waals surface area contributed by atoms with Crippen LogP contribution in [0.4, 0.5) is 0 Å². The molecule has 0 amide bonds. The summed E-state index contributed by atoms with van der Waals surface area (Å²) < 4.78 is 6.97. The van der Waals surface area contributed by atoms with Gasteiger partial charge in [-0.1, -0.05) is 48.5 Å². The van der Waals surface area contributed by atoms with Crippen molar-refractivity contribution in [2.24, 2.45) is 10.9 Å². The predicted octanol–water partition coefficient (Wildman–Crippen LogP) is 3.21. The summed E-state index contributed by atoms with van der Waals surface area (Å²) >= 11 is 0. The van der Waals surface area contributed by atoms with Crippen LogP contribution in [0.1, 0.15) is 32.6 Å². The zero-order chi connectivity index (χ0) is 18.4. The molecule has 26 heavy (non-hydrogen) atoms. The molecule has 3 aromatic rings. The Morgan fingerprint density at radius 2 is 1.88 bits per heavy atom. The summed E-state index contributed by atoms with van der Waals surface area (Å²) in [6.45, 7) is 0.699. The molecule has 2 N–H and O–H groups in total. The minimum Gasteiger partial charge on any atom is -0.465 e. The molecule has 5 heteroatoms. The summed E-state index contributed by atoms with van der Waals surface area (Å²) in [5.41, 5.74) is 4.68. The molecule has 0 fully saturated rings. The zero-order valence-electron chi connectivity index (χ0n) is 14.6. The van der Waals surface area contributed by atoms with Gasteiger partial charge in [-0.25, -0.2) is 4.79 Å². The van der Waals surface area contributed by atoms with E-state index < -0.39 is 0 Å². The lowest BCUT2D eigenvalue weighted by Gasteiger charge is -2.04. The molecule has 0 saturated heterocycles. The average molecular weight is 347 g/mol. The molecule has 0 radical (unpaired) electrons. The van der Waals surface area contributed by atoms with Gasteiger partial charge in [-0.15, -0.1) is 0 Å². The lowest BCUT2D eigenvalue weighted by Crippen LogP contribution is -2.03. The van der Waals surface area contributed by atoms with Crippen molar-refractivity contribution in [1.29, 1.82) is 0 Å². The third-order valence-corrected chi connectivity index (χ3v) is 4.15. The number of hydrazone groups is 1. The first-order valence-corrected chi connectivity index (χ1v) is 8.32. The van der Waals surface area contributed by atoms with E-state index in [-0.39, 0.29) is 5.97 Å². The highest BCUT2D eigenvalue weighted by atomic mass is 16.5. The molecule has 132 valence electrons. The molecule has 2 aromatic carbocycles. The second-order valence-corrected chi connectivity index (χ2v) is 6.05. The van der Waals surface area contributed by atoms with Crippen molar-refractivity contribution in [3.8, 4) is 0 Å². The van der Waals surface area contributed by atoms with E-state index in [1.165, 1.54) is 12.7 Å². The number of nitrogens with zero attached hydrogens (tertiary/aromatic N) is 2. The van der Waals surface area contributed by atoms with Crippen LogP contribution in [0.3, 0.4) is 0 Å². The molecule has 1 heterocycles. The molecule has 0 aliphatic rings. The second-order valence-electron chi connectivity index (χ2n) is 6.05. The predicted molar refractivity (Wildman–Crippen MR) is 102 cm³/mol. The van der Waals surface area contributed by atoms with Crippen LogP contribution in [0.15, 0.2) is 72.1 Å². The molecule has 0 spiro atoms. The Balaban J connectivity index is 1.89. The maximum absolute atomic E-state index is 12.2. The van der Waals surface area contributed by atoms with Crippen LogP contribution < -0.4 is 5.84 Å². The Labute approximate surface area is 152 Å². The van der Waals surface area contributed by atoms with Gasteiger partial charge in [0.1, 0.15) is 0 Å². The molecule has 0 saturated carbocycles. The molecule has 5 nitrogen and oxygen atoms in total. The second kappa shape index (κ2) is 8.16. The van der Waals surface area contributed by atoms with E-state index in [2.05, 4.69) is 17.2 Å². The Kier molecular flexibility index (Phi) is 5.49. The summed E-state index contributed by atoms with van der Waals surface area (Å²) in [6.07, 6.45) is 6.08. The Morgan fingerprint density at radius 3 is 2.62 bits per heavy atom. The van der Waals surface area contributed by atoms with Gasteiger partial charge in [-0.3, -0.25) is 0 Å². The topological polar surface area (TPSA) is 69.6 Å². The van der Waals surface area contributed by atoms with Gasteiger partial charge in [0.25, 0.3) is 0 Å². The monoisotopic (exact) mass is 347 g/mol. The number of hydrogen-bond acceptors (Lipinski definition) is 4. The minimum absolute atomic E-state index is 0.327. The van der Waals surface area contributed by atoms with Crippen LogP contribution in [0.5, 0.6) is 0 Å². The van der Waals surface area contributed by atoms with Gasteiger partial charge >= 0.3 is 5.97 Å². The number of rotatable bonds is 6. The first kappa shape index (κ1) is 17.5. The summed E-state index contributed by atoms with van der Waals surface area (Å²) in [4.78, 5) is 12.2. The molecule has 0 unspecified atom stereocenters. The Bertz CT molecular complexity index is 914. The van der Waals surface area contributed by atoms with Crippen molar-refractivity contribution < 1.29 is 9.53 Å². The van der Waals surface area contributed by atoms with Gasteiger partial charge in [0, 0.05) is 18.9 Å². The fourth-order valence-electron chi connectivity index (χ4n) is 2.97. The van der Waals surface area contributed by atoms with E-state index in [0.29, 0.717) is 18.5 Å². The molecular formula is C21H21N3O2.